The summed E-state index contributed by atoms with van der Waals surface area (Å²) in [6, 6.07) is 2.63. The molecule has 2 N–H and O–H groups in total. The zero-order valence-corrected chi connectivity index (χ0v) is 8.29. The van der Waals surface area contributed by atoms with E-state index in [0.717, 1.165) is 6.42 Å². The average Bonchev–Trinajstić information content (AvgIpc) is 2.49. The van der Waals surface area contributed by atoms with Crippen LogP contribution in [0.5, 0.6) is 0 Å². The van der Waals surface area contributed by atoms with E-state index in [9.17, 15) is 0 Å². The first-order valence-electron chi connectivity index (χ1n) is 4.68. The van der Waals surface area contributed by atoms with Crippen LogP contribution in [0.2, 0.25) is 0 Å². The zero-order valence-electron chi connectivity index (χ0n) is 7.47. The lowest BCUT2D eigenvalue weighted by Gasteiger charge is -2.17. The quantitative estimate of drug-likeness (QED) is 0.708. The fraction of sp³-hybridized carbons (Fsp3) is 0.600. The molecule has 0 saturated carbocycles. The average molecular weight is 181 g/mol. The Kier molecular flexibility index (Phi) is 2.20. The van der Waals surface area contributed by atoms with E-state index in [-0.39, 0.29) is 0 Å². The molecule has 0 amide bonds. The van der Waals surface area contributed by atoms with Crippen LogP contribution in [0.25, 0.3) is 0 Å². The van der Waals surface area contributed by atoms with Gasteiger partial charge in [-0.1, -0.05) is 6.92 Å². The lowest BCUT2D eigenvalue weighted by atomic mass is 9.94. The fourth-order valence-electron chi connectivity index (χ4n) is 1.82. The highest BCUT2D eigenvalue weighted by Crippen LogP contribution is 2.34. The van der Waals surface area contributed by atoms with E-state index in [1.807, 2.05) is 11.3 Å². The van der Waals surface area contributed by atoms with Crippen LogP contribution >= 0.6 is 11.3 Å². The number of rotatable bonds is 1. The van der Waals surface area contributed by atoms with Gasteiger partial charge in [0, 0.05) is 15.8 Å². The molecule has 1 aromatic rings. The Morgan fingerprint density at radius 1 is 1.67 bits per heavy atom. The molecular weight excluding hydrogens is 166 g/mol. The first kappa shape index (κ1) is 8.27. The minimum absolute atomic E-state index is 0.324. The molecule has 1 aliphatic carbocycles. The number of thiophene rings is 1. The molecule has 1 nitrogen and oxygen atoms in total. The van der Waals surface area contributed by atoms with Gasteiger partial charge in [-0.25, -0.2) is 0 Å². The van der Waals surface area contributed by atoms with Crippen molar-refractivity contribution < 1.29 is 0 Å². The Morgan fingerprint density at radius 3 is 3.17 bits per heavy atom. The smallest absolute Gasteiger partial charge is 0.0306 e. The van der Waals surface area contributed by atoms with E-state index in [0.29, 0.717) is 6.04 Å². The SMILES string of the molecule is CCc1cc2c(s1)CCCC2N. The summed E-state index contributed by atoms with van der Waals surface area (Å²) in [6.45, 7) is 2.21. The molecule has 0 aromatic carbocycles. The van der Waals surface area contributed by atoms with Crippen LogP contribution in [0, 0.1) is 0 Å². The summed E-state index contributed by atoms with van der Waals surface area (Å²) in [5, 5.41) is 0. The highest BCUT2D eigenvalue weighted by molar-refractivity contribution is 7.12. The van der Waals surface area contributed by atoms with Gasteiger partial charge in [-0.2, -0.15) is 0 Å². The van der Waals surface area contributed by atoms with Gasteiger partial charge in [0.05, 0.1) is 0 Å². The molecule has 0 spiro atoms. The van der Waals surface area contributed by atoms with Gasteiger partial charge in [0.25, 0.3) is 0 Å². The van der Waals surface area contributed by atoms with Crippen molar-refractivity contribution in [2.75, 3.05) is 0 Å². The van der Waals surface area contributed by atoms with Crippen LogP contribution in [-0.4, -0.2) is 0 Å². The van der Waals surface area contributed by atoms with E-state index >= 15 is 0 Å². The maximum Gasteiger partial charge on any atom is 0.0306 e. The normalized spacial score (nSPS) is 22.3. The maximum absolute atomic E-state index is 6.02. The Hall–Kier alpha value is -0.340. The van der Waals surface area contributed by atoms with Crippen LogP contribution in [0.15, 0.2) is 6.07 Å². The van der Waals surface area contributed by atoms with Gasteiger partial charge in [-0.05, 0) is 37.3 Å². The van der Waals surface area contributed by atoms with Crippen molar-refractivity contribution in [2.24, 2.45) is 5.73 Å². The van der Waals surface area contributed by atoms with Gasteiger partial charge in [-0.15, -0.1) is 11.3 Å². The summed E-state index contributed by atoms with van der Waals surface area (Å²) >= 11 is 1.96. The molecule has 2 heteroatoms. The topological polar surface area (TPSA) is 26.0 Å². The first-order valence-corrected chi connectivity index (χ1v) is 5.50. The standard InChI is InChI=1S/C10H15NS/c1-2-7-6-8-9(11)4-3-5-10(8)12-7/h6,9H,2-5,11H2,1H3. The fourth-order valence-corrected chi connectivity index (χ4v) is 3.04. The lowest BCUT2D eigenvalue weighted by molar-refractivity contribution is 0.578. The Morgan fingerprint density at radius 2 is 2.50 bits per heavy atom. The van der Waals surface area contributed by atoms with Crippen molar-refractivity contribution >= 4 is 11.3 Å². The Balaban J connectivity index is 2.37. The molecule has 1 aromatic heterocycles. The summed E-state index contributed by atoms with van der Waals surface area (Å²) in [5.41, 5.74) is 7.45. The van der Waals surface area contributed by atoms with Crippen LogP contribution in [-0.2, 0) is 12.8 Å². The Bertz CT molecular complexity index is 277. The molecule has 1 atom stereocenters. The lowest BCUT2D eigenvalue weighted by Crippen LogP contribution is -2.15. The monoisotopic (exact) mass is 181 g/mol. The Labute approximate surface area is 77.6 Å². The van der Waals surface area contributed by atoms with Crippen LogP contribution in [0.4, 0.5) is 0 Å². The molecule has 0 fully saturated rings. The van der Waals surface area contributed by atoms with Crippen molar-refractivity contribution in [3.05, 3.63) is 21.4 Å². The minimum Gasteiger partial charge on any atom is -0.324 e. The van der Waals surface area contributed by atoms with E-state index in [1.54, 1.807) is 4.88 Å². The molecule has 1 heterocycles. The predicted octanol–water partition coefficient (Wildman–Crippen LogP) is 2.65. The third-order valence-electron chi connectivity index (χ3n) is 2.56. The summed E-state index contributed by atoms with van der Waals surface area (Å²) in [6.07, 6.45) is 4.86. The molecule has 0 aliphatic heterocycles. The molecule has 1 unspecified atom stereocenters. The zero-order chi connectivity index (χ0) is 8.55. The van der Waals surface area contributed by atoms with Gasteiger partial charge in [0.1, 0.15) is 0 Å². The van der Waals surface area contributed by atoms with Gasteiger partial charge in [-0.3, -0.25) is 0 Å². The van der Waals surface area contributed by atoms with Gasteiger partial charge < -0.3 is 5.73 Å². The number of nitrogens with two attached hydrogens (primary N) is 1. The molecule has 12 heavy (non-hydrogen) atoms. The summed E-state index contributed by atoms with van der Waals surface area (Å²) in [5.74, 6) is 0. The predicted molar refractivity (Wildman–Crippen MR) is 53.6 cm³/mol. The highest BCUT2D eigenvalue weighted by Gasteiger charge is 2.18. The number of hydrogen-bond acceptors (Lipinski definition) is 2. The van der Waals surface area contributed by atoms with Gasteiger partial charge >= 0.3 is 0 Å². The van der Waals surface area contributed by atoms with Crippen molar-refractivity contribution in [1.82, 2.24) is 0 Å². The second-order valence-corrected chi connectivity index (χ2v) is 4.66. The second-order valence-electron chi connectivity index (χ2n) is 3.44. The molecular formula is C10H15NS. The van der Waals surface area contributed by atoms with Crippen molar-refractivity contribution in [3.63, 3.8) is 0 Å². The highest BCUT2D eigenvalue weighted by atomic mass is 32.1. The van der Waals surface area contributed by atoms with E-state index in [1.165, 1.54) is 29.7 Å². The first-order chi connectivity index (χ1) is 5.81. The van der Waals surface area contributed by atoms with Gasteiger partial charge in [0.2, 0.25) is 0 Å². The molecule has 0 radical (unpaired) electrons. The van der Waals surface area contributed by atoms with Crippen LogP contribution < -0.4 is 5.73 Å². The summed E-state index contributed by atoms with van der Waals surface area (Å²) in [4.78, 5) is 3.04. The maximum atomic E-state index is 6.02. The van der Waals surface area contributed by atoms with E-state index in [4.69, 9.17) is 5.73 Å². The van der Waals surface area contributed by atoms with E-state index < -0.39 is 0 Å². The second kappa shape index (κ2) is 3.19. The summed E-state index contributed by atoms with van der Waals surface area (Å²) in [7, 11) is 0. The van der Waals surface area contributed by atoms with Gasteiger partial charge in [0.15, 0.2) is 0 Å². The third-order valence-corrected chi connectivity index (χ3v) is 3.91. The molecule has 2 rings (SSSR count). The molecule has 1 aliphatic rings. The number of fused-ring (bicyclic) bond motifs is 1. The van der Waals surface area contributed by atoms with Crippen molar-refractivity contribution in [2.45, 2.75) is 38.6 Å². The molecule has 0 bridgehead atoms. The number of hydrogen-bond donors (Lipinski definition) is 1. The minimum atomic E-state index is 0.324. The molecule has 66 valence electrons. The van der Waals surface area contributed by atoms with Crippen LogP contribution in [0.3, 0.4) is 0 Å². The largest absolute Gasteiger partial charge is 0.324 e. The number of aryl methyl sites for hydroxylation is 2. The van der Waals surface area contributed by atoms with Crippen molar-refractivity contribution in [1.29, 1.82) is 0 Å². The molecule has 0 saturated heterocycles. The van der Waals surface area contributed by atoms with Crippen molar-refractivity contribution in [3.8, 4) is 0 Å². The summed E-state index contributed by atoms with van der Waals surface area (Å²) < 4.78 is 0. The van der Waals surface area contributed by atoms with Crippen LogP contribution in [0.1, 0.15) is 41.1 Å². The van der Waals surface area contributed by atoms with E-state index in [2.05, 4.69) is 13.0 Å². The third kappa shape index (κ3) is 1.29.